The summed E-state index contributed by atoms with van der Waals surface area (Å²) < 4.78 is 11.1. The number of fused-ring (bicyclic) bond motifs is 3. The van der Waals surface area contributed by atoms with Gasteiger partial charge in [0, 0.05) is 25.7 Å². The smallest absolute Gasteiger partial charge is 0.221 e. The van der Waals surface area contributed by atoms with Gasteiger partial charge in [-0.3, -0.25) is 4.79 Å². The lowest BCUT2D eigenvalue weighted by molar-refractivity contribution is -0.114. The normalized spacial score (nSPS) is 32.2. The number of amides is 1. The molecule has 6 nitrogen and oxygen atoms in total. The molecule has 0 heterocycles. The van der Waals surface area contributed by atoms with Crippen molar-refractivity contribution in [3.8, 4) is 5.75 Å². The summed E-state index contributed by atoms with van der Waals surface area (Å²) in [6.07, 6.45) is 3.87. The van der Waals surface area contributed by atoms with Gasteiger partial charge in [-0.25, -0.2) is 0 Å². The van der Waals surface area contributed by atoms with E-state index in [9.17, 15) is 9.70 Å². The van der Waals surface area contributed by atoms with Gasteiger partial charge in [-0.15, -0.1) is 0 Å². The van der Waals surface area contributed by atoms with Crippen LogP contribution in [0.2, 0.25) is 0 Å². The number of nitrogens with one attached hydrogen (secondary N) is 1. The van der Waals surface area contributed by atoms with Crippen molar-refractivity contribution in [2.24, 2.45) is 16.5 Å². The van der Waals surface area contributed by atoms with Crippen LogP contribution in [-0.4, -0.2) is 26.7 Å². The summed E-state index contributed by atoms with van der Waals surface area (Å²) >= 11 is 0. The van der Waals surface area contributed by atoms with Crippen LogP contribution in [0.15, 0.2) is 17.3 Å². The van der Waals surface area contributed by atoms with Gasteiger partial charge in [-0.1, -0.05) is 25.4 Å². The van der Waals surface area contributed by atoms with Crippen LogP contribution in [0.1, 0.15) is 63.6 Å². The number of ether oxygens (including phenoxy) is 2. The average molecular weight is 374 g/mol. The third-order valence-electron chi connectivity index (χ3n) is 6.76. The van der Waals surface area contributed by atoms with Crippen LogP contribution in [0, 0.1) is 16.2 Å². The number of anilines is 1. The van der Waals surface area contributed by atoms with Crippen LogP contribution in [-0.2, 0) is 14.9 Å². The van der Waals surface area contributed by atoms with Crippen molar-refractivity contribution < 1.29 is 14.3 Å². The van der Waals surface area contributed by atoms with Crippen LogP contribution in [0.25, 0.3) is 0 Å². The zero-order valence-corrected chi connectivity index (χ0v) is 16.9. The SMILES string of the molecule is COC[C@@]1(C)CCC[C@]2(C)c3cc(OC)cc(NC(C)=O)c3[C@@H](N=O)C[C@@H]12. The first-order valence-corrected chi connectivity index (χ1v) is 9.60. The standard InChI is InChI=1S/C21H30N2O4/c1-13(24)22-16-10-14(27-5)9-15-19(16)17(23-25)11-18-20(2,12-26-4)7-6-8-21(15,18)3/h9-10,17-18H,6-8,11-12H2,1-5H3,(H,22,24)/t17-,18-,20+,21+/m0/s1. The molecule has 0 saturated heterocycles. The highest BCUT2D eigenvalue weighted by Crippen LogP contribution is 2.61. The quantitative estimate of drug-likeness (QED) is 0.766. The number of hydrogen-bond acceptors (Lipinski definition) is 5. The van der Waals surface area contributed by atoms with Gasteiger partial charge in [0.05, 0.1) is 19.4 Å². The molecule has 1 amide bonds. The van der Waals surface area contributed by atoms with Crippen molar-refractivity contribution in [1.29, 1.82) is 0 Å². The molecule has 2 aliphatic rings. The Labute approximate surface area is 161 Å². The molecule has 27 heavy (non-hydrogen) atoms. The zero-order valence-electron chi connectivity index (χ0n) is 16.9. The molecule has 1 N–H and O–H groups in total. The monoisotopic (exact) mass is 374 g/mol. The molecule has 1 aromatic rings. The van der Waals surface area contributed by atoms with Crippen molar-refractivity contribution in [3.05, 3.63) is 28.2 Å². The van der Waals surface area contributed by atoms with E-state index in [0.29, 0.717) is 24.5 Å². The molecule has 1 aromatic carbocycles. The van der Waals surface area contributed by atoms with Crippen LogP contribution in [0.3, 0.4) is 0 Å². The van der Waals surface area contributed by atoms with Crippen molar-refractivity contribution in [2.45, 2.75) is 57.9 Å². The van der Waals surface area contributed by atoms with Gasteiger partial charge in [0.1, 0.15) is 11.8 Å². The minimum Gasteiger partial charge on any atom is -0.497 e. The zero-order chi connectivity index (χ0) is 19.8. The predicted molar refractivity (Wildman–Crippen MR) is 105 cm³/mol. The Bertz CT molecular complexity index is 746. The lowest BCUT2D eigenvalue weighted by Crippen LogP contribution is -2.51. The number of carbonyl (C=O) groups is 1. The summed E-state index contributed by atoms with van der Waals surface area (Å²) in [6, 6.07) is 3.34. The first-order valence-electron chi connectivity index (χ1n) is 9.60. The van der Waals surface area contributed by atoms with E-state index in [1.165, 1.54) is 6.92 Å². The fraction of sp³-hybridized carbons (Fsp3) is 0.667. The van der Waals surface area contributed by atoms with Gasteiger partial charge in [0.25, 0.3) is 0 Å². The third-order valence-corrected chi connectivity index (χ3v) is 6.76. The summed E-state index contributed by atoms with van der Waals surface area (Å²) in [5.41, 5.74) is 2.43. The van der Waals surface area contributed by atoms with E-state index in [0.717, 1.165) is 30.4 Å². The van der Waals surface area contributed by atoms with E-state index < -0.39 is 6.04 Å². The Kier molecular flexibility index (Phi) is 5.30. The van der Waals surface area contributed by atoms with Gasteiger partial charge in [0.15, 0.2) is 0 Å². The van der Waals surface area contributed by atoms with E-state index in [4.69, 9.17) is 9.47 Å². The number of nitroso groups, excluding NO2 is 1. The van der Waals surface area contributed by atoms with Gasteiger partial charge in [0.2, 0.25) is 5.91 Å². The molecule has 3 rings (SSSR count). The second-order valence-electron chi connectivity index (χ2n) is 8.58. The fourth-order valence-corrected chi connectivity index (χ4v) is 5.65. The molecule has 148 valence electrons. The average Bonchev–Trinajstić information content (AvgIpc) is 2.61. The van der Waals surface area contributed by atoms with E-state index in [1.807, 2.05) is 6.07 Å². The highest BCUT2D eigenvalue weighted by molar-refractivity contribution is 5.90. The molecule has 0 unspecified atom stereocenters. The molecule has 0 spiro atoms. The second kappa shape index (κ2) is 7.23. The molecule has 0 aliphatic heterocycles. The predicted octanol–water partition coefficient (Wildman–Crippen LogP) is 4.58. The summed E-state index contributed by atoms with van der Waals surface area (Å²) in [7, 11) is 3.36. The Morgan fingerprint density at radius 3 is 2.63 bits per heavy atom. The number of nitrogens with zero attached hydrogens (tertiary/aromatic N) is 1. The molecular weight excluding hydrogens is 344 g/mol. The highest BCUT2D eigenvalue weighted by atomic mass is 16.5. The van der Waals surface area contributed by atoms with E-state index in [-0.39, 0.29) is 22.7 Å². The Morgan fingerprint density at radius 2 is 2.04 bits per heavy atom. The summed E-state index contributed by atoms with van der Waals surface area (Å²) in [5, 5.41) is 6.37. The van der Waals surface area contributed by atoms with Crippen molar-refractivity contribution in [2.75, 3.05) is 26.1 Å². The minimum atomic E-state index is -0.486. The summed E-state index contributed by atoms with van der Waals surface area (Å²) in [6.45, 7) is 6.68. The van der Waals surface area contributed by atoms with E-state index >= 15 is 0 Å². The van der Waals surface area contributed by atoms with Gasteiger partial charge in [-0.05, 0) is 47.6 Å². The largest absolute Gasteiger partial charge is 0.497 e. The molecular formula is C21H30N2O4. The van der Waals surface area contributed by atoms with Crippen LogP contribution >= 0.6 is 0 Å². The maximum atomic E-state index is 11.8. The van der Waals surface area contributed by atoms with Crippen LogP contribution < -0.4 is 10.1 Å². The summed E-state index contributed by atoms with van der Waals surface area (Å²) in [4.78, 5) is 23.6. The van der Waals surface area contributed by atoms with E-state index in [1.54, 1.807) is 20.3 Å². The molecule has 2 aliphatic carbocycles. The number of methoxy groups -OCH3 is 2. The number of benzene rings is 1. The van der Waals surface area contributed by atoms with Crippen LogP contribution in [0.4, 0.5) is 5.69 Å². The maximum absolute atomic E-state index is 11.8. The second-order valence-corrected chi connectivity index (χ2v) is 8.58. The number of hydrogen-bond donors (Lipinski definition) is 1. The van der Waals surface area contributed by atoms with Gasteiger partial charge >= 0.3 is 0 Å². The molecule has 0 bridgehead atoms. The molecule has 0 radical (unpaired) electrons. The number of carbonyl (C=O) groups excluding carboxylic acids is 1. The number of rotatable bonds is 5. The van der Waals surface area contributed by atoms with Crippen molar-refractivity contribution >= 4 is 11.6 Å². The molecule has 4 atom stereocenters. The molecule has 0 aromatic heterocycles. The maximum Gasteiger partial charge on any atom is 0.221 e. The van der Waals surface area contributed by atoms with Crippen LogP contribution in [0.5, 0.6) is 5.75 Å². The lowest BCUT2D eigenvalue weighted by atomic mass is 9.49. The van der Waals surface area contributed by atoms with Gasteiger partial charge < -0.3 is 14.8 Å². The highest BCUT2D eigenvalue weighted by Gasteiger charge is 2.54. The fourth-order valence-electron chi connectivity index (χ4n) is 5.65. The van der Waals surface area contributed by atoms with Crippen molar-refractivity contribution in [3.63, 3.8) is 0 Å². The van der Waals surface area contributed by atoms with Gasteiger partial charge in [-0.2, -0.15) is 4.91 Å². The summed E-state index contributed by atoms with van der Waals surface area (Å²) in [5.74, 6) is 0.782. The Balaban J connectivity index is 2.22. The lowest BCUT2D eigenvalue weighted by Gasteiger charge is -2.56. The molecule has 1 saturated carbocycles. The molecule has 6 heteroatoms. The Hall–Kier alpha value is -1.95. The molecule has 1 fully saturated rings. The first kappa shape index (κ1) is 19.8. The first-order chi connectivity index (χ1) is 12.8. The van der Waals surface area contributed by atoms with E-state index in [2.05, 4.69) is 24.3 Å². The topological polar surface area (TPSA) is 77.0 Å². The minimum absolute atomic E-state index is 0.0143. The Morgan fingerprint density at radius 1 is 1.30 bits per heavy atom. The third kappa shape index (κ3) is 3.24. The van der Waals surface area contributed by atoms with Crippen molar-refractivity contribution in [1.82, 2.24) is 0 Å².